The first-order chi connectivity index (χ1) is 9.47. The van der Waals surface area contributed by atoms with E-state index in [2.05, 4.69) is 17.1 Å². The van der Waals surface area contributed by atoms with Crippen molar-refractivity contribution in [1.82, 2.24) is 4.90 Å². The molecule has 1 heterocycles. The van der Waals surface area contributed by atoms with E-state index >= 15 is 0 Å². The summed E-state index contributed by atoms with van der Waals surface area (Å²) in [5.74, 6) is 0.0209. The third-order valence-electron chi connectivity index (χ3n) is 3.98. The Balaban J connectivity index is 2.01. The molecule has 1 N–H and O–H groups in total. The molecule has 0 radical (unpaired) electrons. The molecule has 1 aliphatic heterocycles. The molecule has 0 aromatic heterocycles. The van der Waals surface area contributed by atoms with Gasteiger partial charge >= 0.3 is 0 Å². The molecule has 1 amide bonds. The fraction of sp³-hybridized carbons (Fsp3) is 0.562. The van der Waals surface area contributed by atoms with Gasteiger partial charge < -0.3 is 5.32 Å². The summed E-state index contributed by atoms with van der Waals surface area (Å²) in [6.45, 7) is 7.62. The molecule has 1 aromatic carbocycles. The van der Waals surface area contributed by atoms with Gasteiger partial charge in [0.25, 0.3) is 0 Å². The van der Waals surface area contributed by atoms with Crippen LogP contribution < -0.4 is 5.32 Å². The topological polar surface area (TPSA) is 32.3 Å². The van der Waals surface area contributed by atoms with Crippen molar-refractivity contribution in [2.24, 2.45) is 0 Å². The van der Waals surface area contributed by atoms with Crippen LogP contribution in [0.5, 0.6) is 0 Å². The summed E-state index contributed by atoms with van der Waals surface area (Å²) in [6.07, 6.45) is 3.63. The molecule has 0 aliphatic carbocycles. The zero-order valence-electron chi connectivity index (χ0n) is 12.5. The average Bonchev–Trinajstić information content (AvgIpc) is 2.36. The van der Waals surface area contributed by atoms with E-state index in [9.17, 15) is 4.79 Å². The van der Waals surface area contributed by atoms with Crippen molar-refractivity contribution in [1.29, 1.82) is 0 Å². The van der Waals surface area contributed by atoms with E-state index in [0.717, 1.165) is 23.4 Å². The number of nitrogens with zero attached hydrogens (tertiary/aromatic N) is 1. The van der Waals surface area contributed by atoms with Crippen molar-refractivity contribution in [3.63, 3.8) is 0 Å². The number of halogens is 1. The number of rotatable bonds is 3. The van der Waals surface area contributed by atoms with Gasteiger partial charge in [0.1, 0.15) is 0 Å². The highest BCUT2D eigenvalue weighted by molar-refractivity contribution is 6.34. The first kappa shape index (κ1) is 15.3. The maximum atomic E-state index is 12.2. The van der Waals surface area contributed by atoms with Crippen LogP contribution in [-0.2, 0) is 4.79 Å². The Hall–Kier alpha value is -1.06. The number of piperidine rings is 1. The molecule has 0 bridgehead atoms. The minimum absolute atomic E-state index is 0.0209. The van der Waals surface area contributed by atoms with Crippen LogP contribution in [0, 0.1) is 13.8 Å². The van der Waals surface area contributed by atoms with Crippen LogP contribution in [0.15, 0.2) is 12.1 Å². The molecule has 4 heteroatoms. The van der Waals surface area contributed by atoms with Crippen molar-refractivity contribution in [2.75, 3.05) is 18.4 Å². The van der Waals surface area contributed by atoms with Crippen molar-refractivity contribution in [3.8, 4) is 0 Å². The Morgan fingerprint density at radius 3 is 2.80 bits per heavy atom. The number of hydrogen-bond acceptors (Lipinski definition) is 2. The van der Waals surface area contributed by atoms with Gasteiger partial charge in [-0.1, -0.05) is 24.1 Å². The largest absolute Gasteiger partial charge is 0.323 e. The van der Waals surface area contributed by atoms with Gasteiger partial charge in [0.15, 0.2) is 0 Å². The number of nitrogens with one attached hydrogen (secondary N) is 1. The number of amides is 1. The maximum absolute atomic E-state index is 12.2. The van der Waals surface area contributed by atoms with Gasteiger partial charge in [0, 0.05) is 6.04 Å². The third kappa shape index (κ3) is 3.74. The second-order valence-electron chi connectivity index (χ2n) is 5.80. The van der Waals surface area contributed by atoms with Crippen molar-refractivity contribution < 1.29 is 4.79 Å². The summed E-state index contributed by atoms with van der Waals surface area (Å²) in [4.78, 5) is 14.5. The van der Waals surface area contributed by atoms with Gasteiger partial charge in [-0.3, -0.25) is 9.69 Å². The summed E-state index contributed by atoms with van der Waals surface area (Å²) in [7, 11) is 0. The average molecular weight is 295 g/mol. The van der Waals surface area contributed by atoms with Crippen LogP contribution in [0.2, 0.25) is 5.02 Å². The molecule has 1 aromatic rings. The second-order valence-corrected chi connectivity index (χ2v) is 6.21. The molecule has 0 spiro atoms. The third-order valence-corrected chi connectivity index (χ3v) is 4.28. The summed E-state index contributed by atoms with van der Waals surface area (Å²) in [5, 5.41) is 3.57. The fourth-order valence-corrected chi connectivity index (χ4v) is 3.20. The number of aryl methyl sites for hydroxylation is 2. The Morgan fingerprint density at radius 2 is 2.15 bits per heavy atom. The molecule has 0 saturated carbocycles. The molecular formula is C16H23ClN2O. The number of benzene rings is 1. The van der Waals surface area contributed by atoms with E-state index < -0.39 is 0 Å². The summed E-state index contributed by atoms with van der Waals surface area (Å²) >= 11 is 6.22. The lowest BCUT2D eigenvalue weighted by atomic mass is 10.0. The highest BCUT2D eigenvalue weighted by Gasteiger charge is 2.21. The lowest BCUT2D eigenvalue weighted by Crippen LogP contribution is -2.42. The predicted octanol–water partition coefficient (Wildman–Crippen LogP) is 3.77. The lowest BCUT2D eigenvalue weighted by molar-refractivity contribution is -0.118. The summed E-state index contributed by atoms with van der Waals surface area (Å²) < 4.78 is 0. The van der Waals surface area contributed by atoms with Gasteiger partial charge in [0.05, 0.1) is 17.3 Å². The normalized spacial score (nSPS) is 19.9. The highest BCUT2D eigenvalue weighted by atomic mass is 35.5. The first-order valence-corrected chi connectivity index (χ1v) is 7.66. The smallest absolute Gasteiger partial charge is 0.238 e. The molecule has 2 rings (SSSR count). The lowest BCUT2D eigenvalue weighted by Gasteiger charge is -2.32. The molecule has 1 atom stereocenters. The van der Waals surface area contributed by atoms with Gasteiger partial charge in [-0.05, 0) is 57.4 Å². The molecule has 20 heavy (non-hydrogen) atoms. The molecule has 110 valence electrons. The van der Waals surface area contributed by atoms with Crippen LogP contribution in [-0.4, -0.2) is 29.9 Å². The molecule has 1 aliphatic rings. The van der Waals surface area contributed by atoms with Crippen molar-refractivity contribution in [2.45, 2.75) is 46.1 Å². The molecule has 3 nitrogen and oxygen atoms in total. The van der Waals surface area contributed by atoms with Gasteiger partial charge in [0.2, 0.25) is 5.91 Å². The Labute approximate surface area is 126 Å². The van der Waals surface area contributed by atoms with E-state index in [-0.39, 0.29) is 5.91 Å². The Morgan fingerprint density at radius 1 is 1.40 bits per heavy atom. The Bertz CT molecular complexity index is 478. The number of likely N-dealkylation sites (tertiary alicyclic amines) is 1. The van der Waals surface area contributed by atoms with E-state index in [4.69, 9.17) is 11.6 Å². The monoisotopic (exact) mass is 294 g/mol. The summed E-state index contributed by atoms with van der Waals surface area (Å²) in [6, 6.07) is 4.41. The predicted molar refractivity (Wildman–Crippen MR) is 84.4 cm³/mol. The summed E-state index contributed by atoms with van der Waals surface area (Å²) in [5.41, 5.74) is 2.86. The van der Waals surface area contributed by atoms with Crippen molar-refractivity contribution >= 4 is 23.2 Å². The van der Waals surface area contributed by atoms with Crippen LogP contribution >= 0.6 is 11.6 Å². The zero-order valence-corrected chi connectivity index (χ0v) is 13.3. The number of hydrogen-bond donors (Lipinski definition) is 1. The van der Waals surface area contributed by atoms with Crippen molar-refractivity contribution in [3.05, 3.63) is 28.3 Å². The van der Waals surface area contributed by atoms with Crippen LogP contribution in [0.25, 0.3) is 0 Å². The minimum atomic E-state index is 0.0209. The Kier molecular flexibility index (Phi) is 5.06. The maximum Gasteiger partial charge on any atom is 0.238 e. The van der Waals surface area contributed by atoms with Gasteiger partial charge in [-0.25, -0.2) is 0 Å². The van der Waals surface area contributed by atoms with Crippen LogP contribution in [0.1, 0.15) is 37.3 Å². The van der Waals surface area contributed by atoms with Crippen LogP contribution in [0.3, 0.4) is 0 Å². The molecule has 0 unspecified atom stereocenters. The first-order valence-electron chi connectivity index (χ1n) is 7.28. The van der Waals surface area contributed by atoms with E-state index in [1.54, 1.807) is 0 Å². The molecule has 1 saturated heterocycles. The number of anilines is 1. The molecule has 1 fully saturated rings. The van der Waals surface area contributed by atoms with E-state index in [0.29, 0.717) is 17.6 Å². The zero-order chi connectivity index (χ0) is 14.7. The number of carbonyl (C=O) groups excluding carboxylic acids is 1. The highest BCUT2D eigenvalue weighted by Crippen LogP contribution is 2.27. The van der Waals surface area contributed by atoms with E-state index in [1.165, 1.54) is 19.3 Å². The number of carbonyl (C=O) groups is 1. The van der Waals surface area contributed by atoms with E-state index in [1.807, 2.05) is 26.0 Å². The van der Waals surface area contributed by atoms with Crippen LogP contribution in [0.4, 0.5) is 5.69 Å². The second kappa shape index (κ2) is 6.59. The SMILES string of the molecule is Cc1cc(C)c(NC(=O)CN2CCCC[C@@H]2C)c(Cl)c1. The molecular weight excluding hydrogens is 272 g/mol. The fourth-order valence-electron chi connectivity index (χ4n) is 2.83. The van der Waals surface area contributed by atoms with Gasteiger partial charge in [-0.15, -0.1) is 0 Å². The minimum Gasteiger partial charge on any atom is -0.323 e. The quantitative estimate of drug-likeness (QED) is 0.920. The van der Waals surface area contributed by atoms with Gasteiger partial charge in [-0.2, -0.15) is 0 Å². The standard InChI is InChI=1S/C16H23ClN2O/c1-11-8-12(2)16(14(17)9-11)18-15(20)10-19-7-5-4-6-13(19)3/h8-9,13H,4-7,10H2,1-3H3,(H,18,20)/t13-/m0/s1.